The van der Waals surface area contributed by atoms with E-state index in [9.17, 15) is 33.6 Å². The van der Waals surface area contributed by atoms with Crippen molar-refractivity contribution in [2.45, 2.75) is 62.2 Å². The number of fused-ring (bicyclic) bond motifs is 1. The Morgan fingerprint density at radius 2 is 1.88 bits per heavy atom. The maximum atomic E-state index is 12.1. The molecule has 0 radical (unpaired) electrons. The lowest BCUT2D eigenvalue weighted by molar-refractivity contribution is -0.311. The number of aromatic amines is 1. The van der Waals surface area contributed by atoms with Crippen LogP contribution in [0.25, 0.3) is 11.2 Å². The molecule has 0 saturated carbocycles. The molecular weight excluding hydrogens is 486 g/mol. The molecule has 17 nitrogen and oxygen atoms in total. The van der Waals surface area contributed by atoms with Gasteiger partial charge in [-0.15, -0.1) is 0 Å². The summed E-state index contributed by atoms with van der Waals surface area (Å²) in [5.41, 5.74) is 4.72. The minimum atomic E-state index is -4.90. The number of hydrogen-bond donors (Lipinski definition) is 7. The van der Waals surface area contributed by atoms with Crippen molar-refractivity contribution in [2.75, 3.05) is 12.3 Å². The van der Waals surface area contributed by atoms with Gasteiger partial charge in [-0.1, -0.05) is 0 Å². The van der Waals surface area contributed by atoms with Crippen LogP contribution in [0.5, 0.6) is 0 Å². The first-order valence-electron chi connectivity index (χ1n) is 9.90. The van der Waals surface area contributed by atoms with Crippen molar-refractivity contribution >= 4 is 27.5 Å². The number of aliphatic hydroxyl groups is 4. The maximum Gasteiger partial charge on any atom is 0.397 e. The second kappa shape index (κ2) is 9.07. The maximum absolute atomic E-state index is 12.1. The average Bonchev–Trinajstić information content (AvgIpc) is 3.29. The van der Waals surface area contributed by atoms with Crippen LogP contribution >= 0.6 is 0 Å². The zero-order valence-electron chi connectivity index (χ0n) is 17.4. The molecule has 2 aliphatic rings. The summed E-state index contributed by atoms with van der Waals surface area (Å²) < 4.78 is 53.2. The summed E-state index contributed by atoms with van der Waals surface area (Å²) in [7, 11) is -4.90. The third-order valence-electron chi connectivity index (χ3n) is 5.52. The van der Waals surface area contributed by atoms with E-state index in [1.54, 1.807) is 0 Å². The van der Waals surface area contributed by atoms with Crippen molar-refractivity contribution in [1.29, 1.82) is 0 Å². The van der Waals surface area contributed by atoms with E-state index in [0.29, 0.717) is 0 Å². The van der Waals surface area contributed by atoms with Crippen LogP contribution in [-0.2, 0) is 28.8 Å². The Balaban J connectivity index is 1.65. The molecular formula is C16H23N5O12S. The molecule has 0 spiro atoms. The van der Waals surface area contributed by atoms with Gasteiger partial charge in [0, 0.05) is 0 Å². The van der Waals surface area contributed by atoms with Crippen LogP contribution in [0.3, 0.4) is 0 Å². The monoisotopic (exact) mass is 509 g/mol. The summed E-state index contributed by atoms with van der Waals surface area (Å²) in [6, 6.07) is 0. The number of aliphatic hydroxyl groups excluding tert-OH is 4. The second-order valence-electron chi connectivity index (χ2n) is 7.83. The highest BCUT2D eigenvalue weighted by molar-refractivity contribution is 7.80. The van der Waals surface area contributed by atoms with Gasteiger partial charge < -0.3 is 40.4 Å². The molecule has 34 heavy (non-hydrogen) atoms. The number of rotatable bonds is 6. The Kier molecular flexibility index (Phi) is 6.63. The number of nitrogens with zero attached hydrogens (tertiary/aromatic N) is 3. The van der Waals surface area contributed by atoms with Crippen LogP contribution < -0.4 is 11.3 Å². The van der Waals surface area contributed by atoms with E-state index in [0.717, 1.165) is 10.9 Å². The zero-order valence-corrected chi connectivity index (χ0v) is 18.2. The second-order valence-corrected chi connectivity index (χ2v) is 8.92. The van der Waals surface area contributed by atoms with E-state index in [2.05, 4.69) is 19.1 Å². The number of hydrogen-bond acceptors (Lipinski definition) is 14. The highest BCUT2D eigenvalue weighted by atomic mass is 32.3. The molecule has 9 atom stereocenters. The lowest BCUT2D eigenvalue weighted by Crippen LogP contribution is -2.59. The number of nitrogens with one attached hydrogen (secondary N) is 1. The molecule has 0 amide bonds. The molecule has 2 saturated heterocycles. The molecule has 190 valence electrons. The summed E-state index contributed by atoms with van der Waals surface area (Å²) in [4.78, 5) is 22.2. The number of imidazole rings is 1. The molecule has 4 rings (SSSR count). The molecule has 4 heterocycles. The van der Waals surface area contributed by atoms with Gasteiger partial charge in [0.2, 0.25) is 5.95 Å². The summed E-state index contributed by atoms with van der Waals surface area (Å²) >= 11 is 0. The van der Waals surface area contributed by atoms with Crippen molar-refractivity contribution in [3.05, 3.63) is 16.7 Å². The van der Waals surface area contributed by atoms with Gasteiger partial charge in [-0.3, -0.25) is 18.9 Å². The highest BCUT2D eigenvalue weighted by Gasteiger charge is 2.51. The van der Waals surface area contributed by atoms with Crippen LogP contribution in [0.2, 0.25) is 0 Å². The number of aromatic nitrogens is 4. The van der Waals surface area contributed by atoms with E-state index < -0.39 is 77.8 Å². The Morgan fingerprint density at radius 1 is 1.18 bits per heavy atom. The van der Waals surface area contributed by atoms with Gasteiger partial charge in [-0.2, -0.15) is 13.4 Å². The summed E-state index contributed by atoms with van der Waals surface area (Å²) in [6.45, 7) is 0.577. The fourth-order valence-corrected chi connectivity index (χ4v) is 4.12. The SMILES string of the molecule is CC1OC(OC2C(COS(=O)(=O)O)OC(n3cnc4c(=O)[nH]c(N)nc43)C2O)C(O)C(O)C1O. The third-order valence-corrected chi connectivity index (χ3v) is 5.95. The Bertz CT molecular complexity index is 1200. The molecule has 2 aliphatic heterocycles. The molecule has 2 aromatic heterocycles. The lowest BCUT2D eigenvalue weighted by Gasteiger charge is -2.40. The fourth-order valence-electron chi connectivity index (χ4n) is 3.81. The topological polar surface area (TPSA) is 262 Å². The van der Waals surface area contributed by atoms with E-state index >= 15 is 0 Å². The lowest BCUT2D eigenvalue weighted by atomic mass is 10.00. The molecule has 0 aromatic carbocycles. The molecule has 9 unspecified atom stereocenters. The Hall–Kier alpha value is -2.26. The predicted molar refractivity (Wildman–Crippen MR) is 107 cm³/mol. The van der Waals surface area contributed by atoms with Crippen molar-refractivity contribution in [1.82, 2.24) is 19.5 Å². The van der Waals surface area contributed by atoms with Crippen molar-refractivity contribution in [3.63, 3.8) is 0 Å². The van der Waals surface area contributed by atoms with Crippen LogP contribution in [0.15, 0.2) is 11.1 Å². The third kappa shape index (κ3) is 4.64. The quantitative estimate of drug-likeness (QED) is 0.183. The number of H-pyrrole nitrogens is 1. The largest absolute Gasteiger partial charge is 0.397 e. The van der Waals surface area contributed by atoms with Crippen LogP contribution in [0.4, 0.5) is 5.95 Å². The predicted octanol–water partition coefficient (Wildman–Crippen LogP) is -4.01. The van der Waals surface area contributed by atoms with E-state index in [1.807, 2.05) is 0 Å². The fraction of sp³-hybridized carbons (Fsp3) is 0.688. The molecule has 18 heteroatoms. The number of anilines is 1. The van der Waals surface area contributed by atoms with Crippen molar-refractivity contribution in [2.24, 2.45) is 0 Å². The molecule has 0 bridgehead atoms. The van der Waals surface area contributed by atoms with Crippen LogP contribution in [0.1, 0.15) is 13.2 Å². The number of ether oxygens (including phenoxy) is 3. The van der Waals surface area contributed by atoms with Crippen LogP contribution in [0, 0.1) is 0 Å². The smallest absolute Gasteiger partial charge is 0.388 e. The average molecular weight is 509 g/mol. The summed E-state index contributed by atoms with van der Waals surface area (Å²) in [6.07, 6.45) is -12.1. The van der Waals surface area contributed by atoms with Gasteiger partial charge in [-0.05, 0) is 6.92 Å². The first-order valence-corrected chi connectivity index (χ1v) is 11.3. The van der Waals surface area contributed by atoms with E-state index in [4.69, 9.17) is 24.5 Å². The highest BCUT2D eigenvalue weighted by Crippen LogP contribution is 2.35. The van der Waals surface area contributed by atoms with Crippen molar-refractivity contribution < 1.29 is 51.8 Å². The summed E-state index contributed by atoms with van der Waals surface area (Å²) in [5, 5.41) is 41.1. The number of nitrogen functional groups attached to an aromatic ring is 1. The van der Waals surface area contributed by atoms with Gasteiger partial charge in [0.25, 0.3) is 5.56 Å². The van der Waals surface area contributed by atoms with Gasteiger partial charge in [-0.25, -0.2) is 9.17 Å². The standard InChI is InChI=1S/C16H23N5O12S/c1-4-7(22)8(23)9(24)15(31-4)33-11-5(2-30-34(27,28)29)32-14(10(11)25)21-3-18-6-12(21)19-16(17)20-13(6)26/h3-5,7-11,14-15,22-25H,2H2,1H3,(H,27,28,29)(H3,17,19,20,26). The molecule has 2 fully saturated rings. The van der Waals surface area contributed by atoms with E-state index in [1.165, 1.54) is 6.92 Å². The number of nitrogens with two attached hydrogens (primary N) is 1. The van der Waals surface area contributed by atoms with Gasteiger partial charge >= 0.3 is 10.4 Å². The molecule has 0 aliphatic carbocycles. The first-order chi connectivity index (χ1) is 15.9. The first kappa shape index (κ1) is 24.9. The minimum Gasteiger partial charge on any atom is -0.388 e. The van der Waals surface area contributed by atoms with Gasteiger partial charge in [0.15, 0.2) is 23.7 Å². The zero-order chi connectivity index (χ0) is 24.9. The van der Waals surface area contributed by atoms with E-state index in [-0.39, 0.29) is 17.1 Å². The Labute approximate surface area is 190 Å². The normalized spacial score (nSPS) is 36.8. The molecule has 2 aromatic rings. The summed E-state index contributed by atoms with van der Waals surface area (Å²) in [5.74, 6) is -0.244. The minimum absolute atomic E-state index is 0.0680. The Morgan fingerprint density at radius 3 is 2.56 bits per heavy atom. The van der Waals surface area contributed by atoms with Gasteiger partial charge in [0.05, 0.1) is 19.0 Å². The van der Waals surface area contributed by atoms with Gasteiger partial charge in [0.1, 0.15) is 36.6 Å². The van der Waals surface area contributed by atoms with Crippen molar-refractivity contribution in [3.8, 4) is 0 Å². The molecule has 8 N–H and O–H groups in total. The van der Waals surface area contributed by atoms with Crippen LogP contribution in [-0.4, -0.2) is 109 Å².